The molecule has 1 unspecified atom stereocenters. The Morgan fingerprint density at radius 1 is 1.22 bits per heavy atom. The zero-order valence-corrected chi connectivity index (χ0v) is 20.7. The van der Waals surface area contributed by atoms with Gasteiger partial charge in [-0.3, -0.25) is 4.79 Å². The number of fused-ring (bicyclic) bond motifs is 4. The maximum absolute atomic E-state index is 12.9. The summed E-state index contributed by atoms with van der Waals surface area (Å²) in [6.07, 6.45) is 7.58. The molecule has 4 aromatic rings. The van der Waals surface area contributed by atoms with Crippen LogP contribution in [0, 0.1) is 6.92 Å². The van der Waals surface area contributed by atoms with E-state index < -0.39 is 17.9 Å². The molecule has 7 heteroatoms. The molecule has 3 N–H and O–H groups in total. The number of hydrogen-bond donors (Lipinski definition) is 3. The lowest BCUT2D eigenvalue weighted by Gasteiger charge is -2.15. The SMILES string of the molecule is COc1c(/C(C)=C/C(=O)NC(Cc2c[nH]c3ccccc23)C(=O)O)cc2c3c(oc2c1C)CCCC3. The lowest BCUT2D eigenvalue weighted by Crippen LogP contribution is -2.41. The monoisotopic (exact) mass is 486 g/mol. The Morgan fingerprint density at radius 3 is 2.78 bits per heavy atom. The molecule has 0 fully saturated rings. The van der Waals surface area contributed by atoms with Crippen molar-refractivity contribution in [3.05, 3.63) is 70.6 Å². The number of para-hydroxylation sites is 1. The third-order valence-electron chi connectivity index (χ3n) is 7.12. The van der Waals surface area contributed by atoms with Crippen LogP contribution in [-0.4, -0.2) is 35.1 Å². The molecule has 0 saturated heterocycles. The van der Waals surface area contributed by atoms with Gasteiger partial charge in [-0.2, -0.15) is 0 Å². The van der Waals surface area contributed by atoms with Crippen LogP contribution in [-0.2, 0) is 28.9 Å². The minimum atomic E-state index is -1.08. The Morgan fingerprint density at radius 2 is 2.00 bits per heavy atom. The van der Waals surface area contributed by atoms with E-state index in [0.29, 0.717) is 11.3 Å². The first-order chi connectivity index (χ1) is 17.4. The number of carbonyl (C=O) groups is 2. The number of nitrogens with one attached hydrogen (secondary N) is 2. The number of ether oxygens (including phenoxy) is 1. The molecule has 2 aromatic carbocycles. The molecule has 186 valence electrons. The Hall–Kier alpha value is -4.00. The Balaban J connectivity index is 1.43. The molecule has 2 aromatic heterocycles. The van der Waals surface area contributed by atoms with Crippen molar-refractivity contribution in [2.75, 3.05) is 7.11 Å². The van der Waals surface area contributed by atoms with E-state index in [9.17, 15) is 14.7 Å². The fraction of sp³-hybridized carbons (Fsp3) is 0.310. The van der Waals surface area contributed by atoms with Crippen LogP contribution in [0.4, 0.5) is 0 Å². The largest absolute Gasteiger partial charge is 0.496 e. The molecule has 36 heavy (non-hydrogen) atoms. The first kappa shape index (κ1) is 23.7. The standard InChI is InChI=1S/C29H30N2O5/c1-16(21-14-22-20-9-5-7-11-25(20)36-28(22)17(2)27(21)35-3)12-26(32)31-24(29(33)34)13-18-15-30-23-10-6-4-8-19(18)23/h4,6,8,10,12,14-15,24,30H,5,7,9,11,13H2,1-3H3,(H,31,32)(H,33,34)/b16-12+. The molecule has 0 bridgehead atoms. The molecule has 1 amide bonds. The zero-order chi connectivity index (χ0) is 25.4. The number of benzene rings is 2. The van der Waals surface area contributed by atoms with Gasteiger partial charge >= 0.3 is 5.97 Å². The second-order valence-corrected chi connectivity index (χ2v) is 9.46. The summed E-state index contributed by atoms with van der Waals surface area (Å²) in [6, 6.07) is 8.67. The number of amides is 1. The van der Waals surface area contributed by atoms with E-state index in [1.165, 1.54) is 11.6 Å². The number of aliphatic carboxylic acids is 1. The average Bonchev–Trinajstić information content (AvgIpc) is 3.45. The molecule has 1 atom stereocenters. The first-order valence-corrected chi connectivity index (χ1v) is 12.3. The van der Waals surface area contributed by atoms with Gasteiger partial charge in [0.15, 0.2) is 0 Å². The highest BCUT2D eigenvalue weighted by molar-refractivity contribution is 6.00. The number of aromatic nitrogens is 1. The van der Waals surface area contributed by atoms with Crippen LogP contribution in [0.2, 0.25) is 0 Å². The van der Waals surface area contributed by atoms with Crippen molar-refractivity contribution in [2.24, 2.45) is 0 Å². The molecule has 1 aliphatic carbocycles. The summed E-state index contributed by atoms with van der Waals surface area (Å²) in [6.45, 7) is 3.80. The molecule has 0 radical (unpaired) electrons. The fourth-order valence-electron chi connectivity index (χ4n) is 5.30. The van der Waals surface area contributed by atoms with Gasteiger partial charge < -0.3 is 24.6 Å². The van der Waals surface area contributed by atoms with E-state index in [2.05, 4.69) is 10.3 Å². The number of H-pyrrole nitrogens is 1. The van der Waals surface area contributed by atoms with Crippen molar-refractivity contribution in [2.45, 2.75) is 52.0 Å². The van der Waals surface area contributed by atoms with Crippen molar-refractivity contribution < 1.29 is 23.8 Å². The Labute approximate surface area is 209 Å². The third kappa shape index (κ3) is 4.26. The van der Waals surface area contributed by atoms with Gasteiger partial charge in [0.2, 0.25) is 5.91 Å². The average molecular weight is 487 g/mol. The van der Waals surface area contributed by atoms with Crippen molar-refractivity contribution in [1.29, 1.82) is 0 Å². The highest BCUT2D eigenvalue weighted by atomic mass is 16.5. The number of furan rings is 1. The summed E-state index contributed by atoms with van der Waals surface area (Å²) in [4.78, 5) is 28.1. The number of hydrogen-bond acceptors (Lipinski definition) is 4. The van der Waals surface area contributed by atoms with Crippen molar-refractivity contribution in [3.63, 3.8) is 0 Å². The van der Waals surface area contributed by atoms with E-state index >= 15 is 0 Å². The minimum Gasteiger partial charge on any atom is -0.496 e. The van der Waals surface area contributed by atoms with E-state index in [4.69, 9.17) is 9.15 Å². The number of rotatable bonds is 7. The lowest BCUT2D eigenvalue weighted by atomic mass is 9.93. The van der Waals surface area contributed by atoms with E-state index in [1.54, 1.807) is 13.3 Å². The third-order valence-corrected chi connectivity index (χ3v) is 7.12. The van der Waals surface area contributed by atoms with E-state index in [-0.39, 0.29) is 6.42 Å². The number of aromatic amines is 1. The lowest BCUT2D eigenvalue weighted by molar-refractivity contribution is -0.141. The number of aryl methyl sites for hydroxylation is 3. The van der Waals surface area contributed by atoms with Crippen LogP contribution in [0.1, 0.15) is 47.8 Å². The molecule has 7 nitrogen and oxygen atoms in total. The van der Waals surface area contributed by atoms with Crippen LogP contribution < -0.4 is 10.1 Å². The van der Waals surface area contributed by atoms with Crippen molar-refractivity contribution in [1.82, 2.24) is 10.3 Å². The Bertz CT molecular complexity index is 1510. The molecule has 0 aliphatic heterocycles. The van der Waals surface area contributed by atoms with Crippen LogP contribution >= 0.6 is 0 Å². The predicted molar refractivity (Wildman–Crippen MR) is 139 cm³/mol. The maximum atomic E-state index is 12.9. The molecule has 0 saturated carbocycles. The van der Waals surface area contributed by atoms with Crippen LogP contribution in [0.15, 0.2) is 47.0 Å². The minimum absolute atomic E-state index is 0.174. The summed E-state index contributed by atoms with van der Waals surface area (Å²) in [5, 5.41) is 14.5. The normalized spacial score (nSPS) is 14.6. The molecule has 5 rings (SSSR count). The van der Waals surface area contributed by atoms with Gasteiger partial charge in [-0.05, 0) is 56.4 Å². The molecule has 0 spiro atoms. The summed E-state index contributed by atoms with van der Waals surface area (Å²) in [5.74, 6) is 0.150. The summed E-state index contributed by atoms with van der Waals surface area (Å²) in [5.41, 5.74) is 6.24. The van der Waals surface area contributed by atoms with Gasteiger partial charge in [0.25, 0.3) is 0 Å². The van der Waals surface area contributed by atoms with Gasteiger partial charge in [0.05, 0.1) is 7.11 Å². The highest BCUT2D eigenvalue weighted by Gasteiger charge is 2.24. The highest BCUT2D eigenvalue weighted by Crippen LogP contribution is 2.41. The van der Waals surface area contributed by atoms with Crippen LogP contribution in [0.5, 0.6) is 5.75 Å². The van der Waals surface area contributed by atoms with Crippen LogP contribution in [0.3, 0.4) is 0 Å². The quantitative estimate of drug-likeness (QED) is 0.307. The number of methoxy groups -OCH3 is 1. The molecule has 2 heterocycles. The van der Waals surface area contributed by atoms with Gasteiger partial charge in [-0.1, -0.05) is 18.2 Å². The fourth-order valence-corrected chi connectivity index (χ4v) is 5.30. The van der Waals surface area contributed by atoms with Crippen molar-refractivity contribution in [3.8, 4) is 5.75 Å². The van der Waals surface area contributed by atoms with Gasteiger partial charge in [0, 0.05) is 58.1 Å². The van der Waals surface area contributed by atoms with Gasteiger partial charge in [0.1, 0.15) is 23.1 Å². The number of carboxylic acid groups (broad SMARTS) is 1. The van der Waals surface area contributed by atoms with Crippen molar-refractivity contribution >= 4 is 39.3 Å². The second-order valence-electron chi connectivity index (χ2n) is 9.46. The summed E-state index contributed by atoms with van der Waals surface area (Å²) < 4.78 is 11.9. The Kier molecular flexibility index (Phi) is 6.31. The zero-order valence-electron chi connectivity index (χ0n) is 20.7. The number of allylic oxidation sites excluding steroid dienone is 1. The smallest absolute Gasteiger partial charge is 0.326 e. The van der Waals surface area contributed by atoms with Gasteiger partial charge in [-0.15, -0.1) is 0 Å². The number of carbonyl (C=O) groups excluding carboxylic acids is 1. The topological polar surface area (TPSA) is 105 Å². The second kappa shape index (κ2) is 9.57. The molecule has 1 aliphatic rings. The number of carboxylic acids is 1. The van der Waals surface area contributed by atoms with Gasteiger partial charge in [-0.25, -0.2) is 4.79 Å². The van der Waals surface area contributed by atoms with E-state index in [1.807, 2.05) is 44.2 Å². The first-order valence-electron chi connectivity index (χ1n) is 12.3. The predicted octanol–water partition coefficient (Wildman–Crippen LogP) is 5.33. The molecular weight excluding hydrogens is 456 g/mol. The molecular formula is C29H30N2O5. The summed E-state index contributed by atoms with van der Waals surface area (Å²) in [7, 11) is 1.61. The maximum Gasteiger partial charge on any atom is 0.326 e. The van der Waals surface area contributed by atoms with Crippen LogP contribution in [0.25, 0.3) is 27.4 Å². The van der Waals surface area contributed by atoms with E-state index in [0.717, 1.165) is 70.0 Å². The summed E-state index contributed by atoms with van der Waals surface area (Å²) >= 11 is 0.